The van der Waals surface area contributed by atoms with Crippen LogP contribution in [0.2, 0.25) is 0 Å². The van der Waals surface area contributed by atoms with E-state index in [-0.39, 0.29) is 5.41 Å². The fourth-order valence-corrected chi connectivity index (χ4v) is 4.84. The van der Waals surface area contributed by atoms with Crippen molar-refractivity contribution in [2.75, 3.05) is 0 Å². The second-order valence-corrected chi connectivity index (χ2v) is 6.97. The van der Waals surface area contributed by atoms with Crippen LogP contribution in [0.25, 0.3) is 10.8 Å². The molecule has 0 saturated heterocycles. The Morgan fingerprint density at radius 3 is 2.71 bits per heavy atom. The number of fused-ring (bicyclic) bond motifs is 3. The van der Waals surface area contributed by atoms with Gasteiger partial charge in [-0.05, 0) is 46.9 Å². The molecule has 1 heteroatoms. The van der Waals surface area contributed by atoms with Crippen LogP contribution in [0, 0.1) is 11.8 Å². The van der Waals surface area contributed by atoms with Gasteiger partial charge in [-0.3, -0.25) is 0 Å². The van der Waals surface area contributed by atoms with Gasteiger partial charge in [0.25, 0.3) is 0 Å². The zero-order chi connectivity index (χ0) is 14.4. The van der Waals surface area contributed by atoms with Crippen molar-refractivity contribution in [1.29, 1.82) is 0 Å². The summed E-state index contributed by atoms with van der Waals surface area (Å²) in [6.45, 7) is 6.18. The lowest BCUT2D eigenvalue weighted by Gasteiger charge is -2.39. The van der Waals surface area contributed by atoms with Crippen LogP contribution < -0.4 is 0 Å². The molecule has 0 amide bonds. The van der Waals surface area contributed by atoms with E-state index in [9.17, 15) is 0 Å². The van der Waals surface area contributed by atoms with Crippen molar-refractivity contribution in [2.45, 2.75) is 37.7 Å². The van der Waals surface area contributed by atoms with Gasteiger partial charge in [0.2, 0.25) is 0 Å². The Bertz CT molecular complexity index is 689. The Balaban J connectivity index is 1.75. The van der Waals surface area contributed by atoms with E-state index in [1.165, 1.54) is 35.6 Å². The molecule has 0 N–H and O–H groups in total. The molecule has 2 aliphatic rings. The number of hydrogen-bond acceptors (Lipinski definition) is 1. The molecule has 0 spiro atoms. The summed E-state index contributed by atoms with van der Waals surface area (Å²) in [5.74, 6) is 1.44. The fourth-order valence-electron chi connectivity index (χ4n) is 4.84. The third kappa shape index (κ3) is 1.91. The van der Waals surface area contributed by atoms with Crippen LogP contribution in [0.3, 0.4) is 0 Å². The summed E-state index contributed by atoms with van der Waals surface area (Å²) < 4.78 is 5.81. The maximum Gasteiger partial charge on any atom is 0.102 e. The standard InChI is InChI=1S/C20H22O/c1-3-21-19-11-14-10-18(19)20(2,13-14)17-9-8-15-6-4-5-7-16(15)12-17/h3-9,12,14,18-19H,1,10-11,13H2,2H3. The lowest BCUT2D eigenvalue weighted by atomic mass is 9.68. The molecule has 2 aromatic rings. The maximum atomic E-state index is 5.81. The summed E-state index contributed by atoms with van der Waals surface area (Å²) in [6, 6.07) is 15.6. The highest BCUT2D eigenvalue weighted by atomic mass is 16.5. The first kappa shape index (κ1) is 12.9. The summed E-state index contributed by atoms with van der Waals surface area (Å²) in [7, 11) is 0. The molecule has 0 aliphatic heterocycles. The lowest BCUT2D eigenvalue weighted by Crippen LogP contribution is -2.37. The van der Waals surface area contributed by atoms with Gasteiger partial charge >= 0.3 is 0 Å². The molecule has 4 atom stereocenters. The summed E-state index contributed by atoms with van der Waals surface area (Å²) in [6.07, 6.45) is 5.80. The molecule has 2 aromatic carbocycles. The van der Waals surface area contributed by atoms with Crippen molar-refractivity contribution < 1.29 is 4.74 Å². The van der Waals surface area contributed by atoms with Gasteiger partial charge in [-0.25, -0.2) is 0 Å². The van der Waals surface area contributed by atoms with Crippen molar-refractivity contribution in [3.63, 3.8) is 0 Å². The van der Waals surface area contributed by atoms with Crippen LogP contribution in [0.4, 0.5) is 0 Å². The molecule has 0 radical (unpaired) electrons. The smallest absolute Gasteiger partial charge is 0.102 e. The van der Waals surface area contributed by atoms with Gasteiger partial charge in [-0.1, -0.05) is 56.0 Å². The molecule has 0 aromatic heterocycles. The first-order valence-corrected chi connectivity index (χ1v) is 7.96. The molecule has 108 valence electrons. The molecular weight excluding hydrogens is 256 g/mol. The Morgan fingerprint density at radius 1 is 1.14 bits per heavy atom. The van der Waals surface area contributed by atoms with Gasteiger partial charge in [0.05, 0.1) is 6.26 Å². The van der Waals surface area contributed by atoms with Gasteiger partial charge in [0.1, 0.15) is 6.10 Å². The first-order chi connectivity index (χ1) is 10.2. The van der Waals surface area contributed by atoms with Gasteiger partial charge in [-0.15, -0.1) is 0 Å². The average molecular weight is 278 g/mol. The number of hydrogen-bond donors (Lipinski definition) is 0. The van der Waals surface area contributed by atoms with E-state index in [4.69, 9.17) is 4.74 Å². The van der Waals surface area contributed by atoms with E-state index in [0.717, 1.165) is 5.92 Å². The first-order valence-electron chi connectivity index (χ1n) is 7.96. The van der Waals surface area contributed by atoms with Gasteiger partial charge in [-0.2, -0.15) is 0 Å². The summed E-state index contributed by atoms with van der Waals surface area (Å²) in [5, 5.41) is 2.67. The van der Waals surface area contributed by atoms with Crippen LogP contribution in [-0.2, 0) is 10.2 Å². The Hall–Kier alpha value is -1.76. The summed E-state index contributed by atoms with van der Waals surface area (Å²) in [4.78, 5) is 0. The molecule has 2 bridgehead atoms. The number of benzene rings is 2. The largest absolute Gasteiger partial charge is 0.498 e. The summed E-state index contributed by atoms with van der Waals surface area (Å²) in [5.41, 5.74) is 1.73. The van der Waals surface area contributed by atoms with Crippen LogP contribution in [-0.4, -0.2) is 6.10 Å². The summed E-state index contributed by atoms with van der Waals surface area (Å²) >= 11 is 0. The molecule has 2 saturated carbocycles. The molecule has 1 nitrogen and oxygen atoms in total. The zero-order valence-electron chi connectivity index (χ0n) is 12.6. The molecule has 4 rings (SSSR count). The molecule has 21 heavy (non-hydrogen) atoms. The second kappa shape index (κ2) is 4.62. The van der Waals surface area contributed by atoms with Crippen molar-refractivity contribution >= 4 is 10.8 Å². The molecule has 4 unspecified atom stereocenters. The Labute approximate surface area is 126 Å². The minimum absolute atomic E-state index is 0.251. The fraction of sp³-hybridized carbons (Fsp3) is 0.400. The van der Waals surface area contributed by atoms with Crippen LogP contribution in [0.5, 0.6) is 0 Å². The third-order valence-electron chi connectivity index (χ3n) is 5.81. The van der Waals surface area contributed by atoms with Gasteiger partial charge in [0.15, 0.2) is 0 Å². The van der Waals surface area contributed by atoms with E-state index in [0.29, 0.717) is 12.0 Å². The lowest BCUT2D eigenvalue weighted by molar-refractivity contribution is 0.0539. The van der Waals surface area contributed by atoms with Crippen molar-refractivity contribution in [3.05, 3.63) is 60.9 Å². The van der Waals surface area contributed by atoms with Crippen molar-refractivity contribution in [1.82, 2.24) is 0 Å². The third-order valence-corrected chi connectivity index (χ3v) is 5.81. The predicted octanol–water partition coefficient (Wildman–Crippen LogP) is 5.06. The second-order valence-electron chi connectivity index (χ2n) is 6.97. The quantitative estimate of drug-likeness (QED) is 0.713. The highest BCUT2D eigenvalue weighted by Crippen LogP contribution is 2.57. The van der Waals surface area contributed by atoms with E-state index < -0.39 is 0 Å². The Kier molecular flexibility index (Phi) is 2.85. The van der Waals surface area contributed by atoms with E-state index in [2.05, 4.69) is 56.0 Å². The predicted molar refractivity (Wildman–Crippen MR) is 87.2 cm³/mol. The van der Waals surface area contributed by atoms with E-state index in [1.54, 1.807) is 6.26 Å². The minimum atomic E-state index is 0.251. The molecule has 0 heterocycles. The Morgan fingerprint density at radius 2 is 1.95 bits per heavy atom. The van der Waals surface area contributed by atoms with Crippen LogP contribution in [0.15, 0.2) is 55.3 Å². The van der Waals surface area contributed by atoms with Crippen LogP contribution >= 0.6 is 0 Å². The van der Waals surface area contributed by atoms with Crippen LogP contribution in [0.1, 0.15) is 31.7 Å². The minimum Gasteiger partial charge on any atom is -0.498 e. The highest BCUT2D eigenvalue weighted by Gasteiger charge is 2.54. The normalized spacial score (nSPS) is 34.2. The molecular formula is C20H22O. The molecule has 2 fully saturated rings. The average Bonchev–Trinajstić information content (AvgIpc) is 3.04. The highest BCUT2D eigenvalue weighted by molar-refractivity contribution is 5.83. The van der Waals surface area contributed by atoms with E-state index in [1.807, 2.05) is 0 Å². The van der Waals surface area contributed by atoms with Gasteiger partial charge < -0.3 is 4.74 Å². The number of ether oxygens (including phenoxy) is 1. The number of rotatable bonds is 3. The van der Waals surface area contributed by atoms with Gasteiger partial charge in [0, 0.05) is 5.92 Å². The van der Waals surface area contributed by atoms with Crippen molar-refractivity contribution in [2.24, 2.45) is 11.8 Å². The van der Waals surface area contributed by atoms with E-state index >= 15 is 0 Å². The monoisotopic (exact) mass is 278 g/mol. The zero-order valence-corrected chi connectivity index (χ0v) is 12.6. The molecule has 2 aliphatic carbocycles. The topological polar surface area (TPSA) is 9.23 Å². The maximum absolute atomic E-state index is 5.81. The van der Waals surface area contributed by atoms with Crippen molar-refractivity contribution in [3.8, 4) is 0 Å². The SMILES string of the molecule is C=COC1CC2CC1C(C)(c1ccc3ccccc3c1)C2.